The van der Waals surface area contributed by atoms with Gasteiger partial charge in [-0.15, -0.1) is 11.8 Å². The standard InChI is InChI=1S/C11H15NO2S/c1-9(7-13)12-11(14)8-15-10-5-3-2-4-6-10/h2-6,9,13H,7-8H2,1H3,(H,12,14)/t9-/m1/s1. The molecule has 82 valence electrons. The van der Waals surface area contributed by atoms with Gasteiger partial charge in [0, 0.05) is 10.9 Å². The van der Waals surface area contributed by atoms with Crippen molar-refractivity contribution in [2.24, 2.45) is 0 Å². The second-order valence-corrected chi connectivity index (χ2v) is 4.30. The quantitative estimate of drug-likeness (QED) is 0.742. The highest BCUT2D eigenvalue weighted by Gasteiger charge is 2.06. The van der Waals surface area contributed by atoms with Gasteiger partial charge in [0.05, 0.1) is 12.4 Å². The predicted octanol–water partition coefficient (Wildman–Crippen LogP) is 1.28. The summed E-state index contributed by atoms with van der Waals surface area (Å²) >= 11 is 1.49. The molecule has 1 amide bonds. The van der Waals surface area contributed by atoms with E-state index in [1.165, 1.54) is 11.8 Å². The van der Waals surface area contributed by atoms with Crippen molar-refractivity contribution in [1.29, 1.82) is 0 Å². The van der Waals surface area contributed by atoms with Crippen LogP contribution >= 0.6 is 11.8 Å². The Morgan fingerprint density at radius 2 is 2.13 bits per heavy atom. The Bertz CT molecular complexity index is 303. The van der Waals surface area contributed by atoms with Crippen LogP contribution in [-0.2, 0) is 4.79 Å². The van der Waals surface area contributed by atoms with E-state index in [0.717, 1.165) is 4.90 Å². The Kier molecular flexibility index (Phi) is 5.21. The van der Waals surface area contributed by atoms with Gasteiger partial charge in [0.2, 0.25) is 5.91 Å². The second kappa shape index (κ2) is 6.48. The van der Waals surface area contributed by atoms with Crippen LogP contribution < -0.4 is 5.32 Å². The molecule has 15 heavy (non-hydrogen) atoms. The Balaban J connectivity index is 2.29. The highest BCUT2D eigenvalue weighted by molar-refractivity contribution is 8.00. The lowest BCUT2D eigenvalue weighted by atomic mass is 10.4. The van der Waals surface area contributed by atoms with Gasteiger partial charge in [0.25, 0.3) is 0 Å². The molecule has 1 rings (SSSR count). The number of carbonyl (C=O) groups excluding carboxylic acids is 1. The number of hydrogen-bond donors (Lipinski definition) is 2. The minimum atomic E-state index is -0.172. The number of aliphatic hydroxyl groups excluding tert-OH is 1. The average Bonchev–Trinajstić information content (AvgIpc) is 2.27. The van der Waals surface area contributed by atoms with E-state index in [0.29, 0.717) is 5.75 Å². The Morgan fingerprint density at radius 3 is 2.73 bits per heavy atom. The molecule has 0 spiro atoms. The number of rotatable bonds is 5. The molecule has 0 bridgehead atoms. The molecular weight excluding hydrogens is 210 g/mol. The lowest BCUT2D eigenvalue weighted by Gasteiger charge is -2.10. The third-order valence-electron chi connectivity index (χ3n) is 1.79. The number of benzene rings is 1. The number of thioether (sulfide) groups is 1. The third-order valence-corrected chi connectivity index (χ3v) is 2.81. The number of aliphatic hydroxyl groups is 1. The summed E-state index contributed by atoms with van der Waals surface area (Å²) in [6.07, 6.45) is 0. The maximum absolute atomic E-state index is 11.3. The van der Waals surface area contributed by atoms with Crippen LogP contribution in [0.1, 0.15) is 6.92 Å². The summed E-state index contributed by atoms with van der Waals surface area (Å²) in [6.45, 7) is 1.74. The zero-order valence-electron chi connectivity index (χ0n) is 8.64. The molecule has 0 unspecified atom stereocenters. The van der Waals surface area contributed by atoms with Crippen molar-refractivity contribution in [2.45, 2.75) is 17.9 Å². The van der Waals surface area contributed by atoms with Crippen molar-refractivity contribution in [3.63, 3.8) is 0 Å². The van der Waals surface area contributed by atoms with Gasteiger partial charge >= 0.3 is 0 Å². The molecule has 1 aromatic rings. The Labute approximate surface area is 93.9 Å². The Morgan fingerprint density at radius 1 is 1.47 bits per heavy atom. The monoisotopic (exact) mass is 225 g/mol. The summed E-state index contributed by atoms with van der Waals surface area (Å²) < 4.78 is 0. The molecule has 3 nitrogen and oxygen atoms in total. The van der Waals surface area contributed by atoms with Gasteiger partial charge in [0.1, 0.15) is 0 Å². The summed E-state index contributed by atoms with van der Waals surface area (Å²) in [5, 5.41) is 11.4. The smallest absolute Gasteiger partial charge is 0.230 e. The van der Waals surface area contributed by atoms with Crippen LogP contribution in [0.25, 0.3) is 0 Å². The maximum atomic E-state index is 11.3. The van der Waals surface area contributed by atoms with E-state index < -0.39 is 0 Å². The highest BCUT2D eigenvalue weighted by atomic mass is 32.2. The molecule has 0 aliphatic carbocycles. The molecule has 0 aliphatic rings. The normalized spacial score (nSPS) is 12.1. The van der Waals surface area contributed by atoms with E-state index in [2.05, 4.69) is 5.32 Å². The van der Waals surface area contributed by atoms with Gasteiger partial charge in [0.15, 0.2) is 0 Å². The minimum absolute atomic E-state index is 0.0260. The molecule has 1 atom stereocenters. The van der Waals surface area contributed by atoms with Crippen molar-refractivity contribution in [3.8, 4) is 0 Å². The fourth-order valence-corrected chi connectivity index (χ4v) is 1.76. The van der Waals surface area contributed by atoms with E-state index in [-0.39, 0.29) is 18.6 Å². The molecule has 4 heteroatoms. The van der Waals surface area contributed by atoms with Crippen LogP contribution in [0.15, 0.2) is 35.2 Å². The van der Waals surface area contributed by atoms with Crippen LogP contribution in [-0.4, -0.2) is 29.4 Å². The van der Waals surface area contributed by atoms with E-state index >= 15 is 0 Å². The first-order chi connectivity index (χ1) is 7.22. The largest absolute Gasteiger partial charge is 0.394 e. The summed E-state index contributed by atoms with van der Waals surface area (Å²) in [4.78, 5) is 12.4. The van der Waals surface area contributed by atoms with Gasteiger partial charge in [-0.25, -0.2) is 0 Å². The topological polar surface area (TPSA) is 49.3 Å². The number of nitrogens with one attached hydrogen (secondary N) is 1. The third kappa shape index (κ3) is 4.85. The lowest BCUT2D eigenvalue weighted by Crippen LogP contribution is -2.36. The Hall–Kier alpha value is -1.00. The first-order valence-corrected chi connectivity index (χ1v) is 5.79. The molecule has 2 N–H and O–H groups in total. The minimum Gasteiger partial charge on any atom is -0.394 e. The average molecular weight is 225 g/mol. The van der Waals surface area contributed by atoms with Crippen LogP contribution in [0.2, 0.25) is 0 Å². The van der Waals surface area contributed by atoms with Crippen LogP contribution in [0, 0.1) is 0 Å². The molecule has 0 saturated heterocycles. The van der Waals surface area contributed by atoms with E-state index in [1.54, 1.807) is 6.92 Å². The number of carbonyl (C=O) groups is 1. The van der Waals surface area contributed by atoms with Crippen LogP contribution in [0.4, 0.5) is 0 Å². The summed E-state index contributed by atoms with van der Waals surface area (Å²) in [5.74, 6) is 0.333. The first kappa shape index (κ1) is 12.1. The van der Waals surface area contributed by atoms with Crippen molar-refractivity contribution >= 4 is 17.7 Å². The molecule has 0 aromatic heterocycles. The molecule has 0 saturated carbocycles. The highest BCUT2D eigenvalue weighted by Crippen LogP contribution is 2.16. The van der Waals surface area contributed by atoms with E-state index in [1.807, 2.05) is 30.3 Å². The summed E-state index contributed by atoms with van der Waals surface area (Å²) in [5.41, 5.74) is 0. The fraction of sp³-hybridized carbons (Fsp3) is 0.364. The van der Waals surface area contributed by atoms with E-state index in [9.17, 15) is 4.79 Å². The van der Waals surface area contributed by atoms with Crippen LogP contribution in [0.5, 0.6) is 0 Å². The predicted molar refractivity (Wildman–Crippen MR) is 61.9 cm³/mol. The summed E-state index contributed by atoms with van der Waals surface area (Å²) in [6, 6.07) is 9.58. The van der Waals surface area contributed by atoms with Gasteiger partial charge in [-0.1, -0.05) is 18.2 Å². The van der Waals surface area contributed by atoms with Crippen LogP contribution in [0.3, 0.4) is 0 Å². The molecule has 0 fully saturated rings. The zero-order chi connectivity index (χ0) is 11.1. The molecule has 1 aromatic carbocycles. The zero-order valence-corrected chi connectivity index (χ0v) is 9.46. The molecule has 0 heterocycles. The van der Waals surface area contributed by atoms with Gasteiger partial charge in [-0.2, -0.15) is 0 Å². The maximum Gasteiger partial charge on any atom is 0.230 e. The molecule has 0 aliphatic heterocycles. The van der Waals surface area contributed by atoms with Crippen molar-refractivity contribution < 1.29 is 9.90 Å². The lowest BCUT2D eigenvalue weighted by molar-refractivity contribution is -0.119. The van der Waals surface area contributed by atoms with Gasteiger partial charge in [-0.05, 0) is 19.1 Å². The SMILES string of the molecule is C[C@H](CO)NC(=O)CSc1ccccc1. The second-order valence-electron chi connectivity index (χ2n) is 3.25. The van der Waals surface area contributed by atoms with Crippen molar-refractivity contribution in [1.82, 2.24) is 5.32 Å². The first-order valence-electron chi connectivity index (χ1n) is 4.80. The fourth-order valence-electron chi connectivity index (χ4n) is 1.03. The number of hydrogen-bond acceptors (Lipinski definition) is 3. The van der Waals surface area contributed by atoms with Gasteiger partial charge < -0.3 is 10.4 Å². The van der Waals surface area contributed by atoms with Crippen molar-refractivity contribution in [3.05, 3.63) is 30.3 Å². The number of amides is 1. The summed E-state index contributed by atoms with van der Waals surface area (Å²) in [7, 11) is 0. The van der Waals surface area contributed by atoms with E-state index in [4.69, 9.17) is 5.11 Å². The van der Waals surface area contributed by atoms with Gasteiger partial charge in [-0.3, -0.25) is 4.79 Å². The molecular formula is C11H15NO2S. The van der Waals surface area contributed by atoms with Crippen molar-refractivity contribution in [2.75, 3.05) is 12.4 Å². The molecule has 0 radical (unpaired) electrons.